The fourth-order valence-electron chi connectivity index (χ4n) is 3.74. The lowest BCUT2D eigenvalue weighted by Gasteiger charge is -2.17. The third-order valence-corrected chi connectivity index (χ3v) is 6.41. The van der Waals surface area contributed by atoms with E-state index in [4.69, 9.17) is 0 Å². The predicted molar refractivity (Wildman–Crippen MR) is 98.3 cm³/mol. The normalized spacial score (nSPS) is 22.7. The van der Waals surface area contributed by atoms with E-state index in [0.29, 0.717) is 11.8 Å². The summed E-state index contributed by atoms with van der Waals surface area (Å²) >= 11 is 1.69. The first-order valence-corrected chi connectivity index (χ1v) is 9.42. The van der Waals surface area contributed by atoms with Crippen LogP contribution in [0.15, 0.2) is 36.4 Å². The number of nitrogens with zero attached hydrogens (tertiary/aromatic N) is 2. The molecule has 1 aliphatic carbocycles. The number of carbonyl (C=O) groups excluding carboxylic acids is 1. The van der Waals surface area contributed by atoms with Gasteiger partial charge in [0.25, 0.3) is 5.91 Å². The first-order valence-electron chi connectivity index (χ1n) is 8.60. The average molecular weight is 338 g/mol. The van der Waals surface area contributed by atoms with E-state index in [9.17, 15) is 4.79 Å². The second-order valence-corrected chi connectivity index (χ2v) is 8.12. The van der Waals surface area contributed by atoms with Crippen LogP contribution in [0.3, 0.4) is 0 Å². The molecular weight excluding hydrogens is 316 g/mol. The summed E-state index contributed by atoms with van der Waals surface area (Å²) in [5.41, 5.74) is 2.90. The number of aromatic nitrogens is 1. The van der Waals surface area contributed by atoms with Crippen molar-refractivity contribution in [2.75, 3.05) is 13.1 Å². The molecule has 3 nitrogen and oxygen atoms in total. The maximum absolute atomic E-state index is 12.9. The van der Waals surface area contributed by atoms with Gasteiger partial charge in [0.05, 0.1) is 5.69 Å². The van der Waals surface area contributed by atoms with Crippen LogP contribution in [-0.2, 0) is 0 Å². The molecule has 1 aromatic carbocycles. The molecule has 0 radical (unpaired) electrons. The number of likely N-dealkylation sites (tertiary alicyclic amines) is 1. The summed E-state index contributed by atoms with van der Waals surface area (Å²) in [4.78, 5) is 20.8. The maximum Gasteiger partial charge on any atom is 0.253 e. The molecule has 2 unspecified atom stereocenters. The van der Waals surface area contributed by atoms with Gasteiger partial charge in [0, 0.05) is 29.1 Å². The molecule has 1 amide bonds. The summed E-state index contributed by atoms with van der Waals surface area (Å²) in [6, 6.07) is 7.95. The summed E-state index contributed by atoms with van der Waals surface area (Å²) in [6.45, 7) is 5.91. The number of hydrogen-bond acceptors (Lipinski definition) is 3. The lowest BCUT2D eigenvalue weighted by Crippen LogP contribution is -2.29. The van der Waals surface area contributed by atoms with Gasteiger partial charge in [0.15, 0.2) is 0 Å². The third-order valence-electron chi connectivity index (χ3n) is 5.29. The molecule has 0 bridgehead atoms. The molecule has 1 aliphatic heterocycles. The number of rotatable bonds is 2. The molecule has 2 atom stereocenters. The third kappa shape index (κ3) is 2.80. The van der Waals surface area contributed by atoms with E-state index in [-0.39, 0.29) is 5.91 Å². The SMILES string of the molecule is Cc1nc(-c2cccc(C(=O)N3CC4CC=CCC4C3)c2)sc1C. The first kappa shape index (κ1) is 15.6. The summed E-state index contributed by atoms with van der Waals surface area (Å²) in [5, 5.41) is 0.999. The molecule has 0 N–H and O–H groups in total. The highest BCUT2D eigenvalue weighted by molar-refractivity contribution is 7.15. The van der Waals surface area contributed by atoms with Gasteiger partial charge in [0.2, 0.25) is 0 Å². The Morgan fingerprint density at radius 1 is 1.17 bits per heavy atom. The number of allylic oxidation sites excluding steroid dienone is 2. The molecule has 4 rings (SSSR count). The smallest absolute Gasteiger partial charge is 0.253 e. The van der Waals surface area contributed by atoms with Gasteiger partial charge < -0.3 is 4.90 Å². The maximum atomic E-state index is 12.9. The van der Waals surface area contributed by atoms with Crippen LogP contribution in [0.5, 0.6) is 0 Å². The van der Waals surface area contributed by atoms with E-state index < -0.39 is 0 Å². The van der Waals surface area contributed by atoms with Crippen LogP contribution in [0.1, 0.15) is 33.8 Å². The number of amides is 1. The minimum atomic E-state index is 0.163. The van der Waals surface area contributed by atoms with Gasteiger partial charge in [-0.15, -0.1) is 11.3 Å². The molecule has 4 heteroatoms. The summed E-state index contributed by atoms with van der Waals surface area (Å²) in [7, 11) is 0. The number of aryl methyl sites for hydroxylation is 2. The first-order chi connectivity index (χ1) is 11.6. The van der Waals surface area contributed by atoms with Crippen molar-refractivity contribution in [1.29, 1.82) is 0 Å². The highest BCUT2D eigenvalue weighted by Gasteiger charge is 2.35. The van der Waals surface area contributed by atoms with Gasteiger partial charge in [-0.1, -0.05) is 24.3 Å². The molecule has 0 spiro atoms. The van der Waals surface area contributed by atoms with E-state index in [1.165, 1.54) is 4.88 Å². The number of benzene rings is 1. The van der Waals surface area contributed by atoms with Crippen molar-refractivity contribution in [3.8, 4) is 10.6 Å². The molecule has 124 valence electrons. The Morgan fingerprint density at radius 3 is 2.50 bits per heavy atom. The molecular formula is C20H22N2OS. The standard InChI is InChI=1S/C20H22N2OS/c1-13-14(2)24-19(21-13)15-8-5-9-16(10-15)20(23)22-11-17-6-3-4-7-18(17)12-22/h3-5,8-10,17-18H,6-7,11-12H2,1-2H3. The monoisotopic (exact) mass is 338 g/mol. The molecule has 2 heterocycles. The Hall–Kier alpha value is -1.94. The Morgan fingerprint density at radius 2 is 1.88 bits per heavy atom. The Labute approximate surface area is 147 Å². The number of thiazole rings is 1. The van der Waals surface area contributed by atoms with E-state index in [1.807, 2.05) is 36.1 Å². The second-order valence-electron chi connectivity index (χ2n) is 6.91. The van der Waals surface area contributed by atoms with Crippen molar-refractivity contribution >= 4 is 17.2 Å². The van der Waals surface area contributed by atoms with E-state index in [2.05, 4.69) is 24.1 Å². The van der Waals surface area contributed by atoms with Crippen LogP contribution in [0.25, 0.3) is 10.6 Å². The summed E-state index contributed by atoms with van der Waals surface area (Å²) in [6.07, 6.45) is 6.77. The van der Waals surface area contributed by atoms with Crippen LogP contribution < -0.4 is 0 Å². The largest absolute Gasteiger partial charge is 0.338 e. The van der Waals surface area contributed by atoms with Gasteiger partial charge in [0.1, 0.15) is 5.01 Å². The minimum absolute atomic E-state index is 0.163. The lowest BCUT2D eigenvalue weighted by atomic mass is 9.86. The molecule has 0 saturated carbocycles. The molecule has 1 aromatic heterocycles. The van der Waals surface area contributed by atoms with Crippen LogP contribution in [0.2, 0.25) is 0 Å². The number of carbonyl (C=O) groups is 1. The topological polar surface area (TPSA) is 33.2 Å². The fourth-order valence-corrected chi connectivity index (χ4v) is 4.66. The van der Waals surface area contributed by atoms with Crippen LogP contribution in [0, 0.1) is 25.7 Å². The van der Waals surface area contributed by atoms with Crippen molar-refractivity contribution in [1.82, 2.24) is 9.88 Å². The van der Waals surface area contributed by atoms with Crippen LogP contribution in [0.4, 0.5) is 0 Å². The van der Waals surface area contributed by atoms with Gasteiger partial charge in [-0.05, 0) is 50.7 Å². The zero-order valence-electron chi connectivity index (χ0n) is 14.2. The second kappa shape index (κ2) is 6.17. The van der Waals surface area contributed by atoms with Crippen molar-refractivity contribution in [2.45, 2.75) is 26.7 Å². The van der Waals surface area contributed by atoms with Crippen molar-refractivity contribution in [2.24, 2.45) is 11.8 Å². The molecule has 1 fully saturated rings. The van der Waals surface area contributed by atoms with Crippen molar-refractivity contribution in [3.63, 3.8) is 0 Å². The molecule has 24 heavy (non-hydrogen) atoms. The van der Waals surface area contributed by atoms with E-state index in [0.717, 1.165) is 47.8 Å². The van der Waals surface area contributed by atoms with Gasteiger partial charge >= 0.3 is 0 Å². The van der Waals surface area contributed by atoms with Gasteiger partial charge in [-0.2, -0.15) is 0 Å². The lowest BCUT2D eigenvalue weighted by molar-refractivity contribution is 0.0784. The minimum Gasteiger partial charge on any atom is -0.338 e. The Balaban J connectivity index is 1.56. The number of hydrogen-bond donors (Lipinski definition) is 0. The van der Waals surface area contributed by atoms with E-state index in [1.54, 1.807) is 11.3 Å². The molecule has 1 saturated heterocycles. The summed E-state index contributed by atoms with van der Waals surface area (Å²) < 4.78 is 0. The van der Waals surface area contributed by atoms with E-state index >= 15 is 0 Å². The Kier molecular flexibility index (Phi) is 4.01. The molecule has 2 aromatic rings. The highest BCUT2D eigenvalue weighted by atomic mass is 32.1. The van der Waals surface area contributed by atoms with Gasteiger partial charge in [-0.3, -0.25) is 4.79 Å². The zero-order valence-corrected chi connectivity index (χ0v) is 15.0. The van der Waals surface area contributed by atoms with Crippen molar-refractivity contribution < 1.29 is 4.79 Å². The Bertz CT molecular complexity index is 772. The number of fused-ring (bicyclic) bond motifs is 1. The van der Waals surface area contributed by atoms with Crippen molar-refractivity contribution in [3.05, 3.63) is 52.6 Å². The molecule has 2 aliphatic rings. The predicted octanol–water partition coefficient (Wildman–Crippen LogP) is 4.47. The quantitative estimate of drug-likeness (QED) is 0.757. The average Bonchev–Trinajstić information content (AvgIpc) is 3.18. The van der Waals surface area contributed by atoms with Crippen LogP contribution in [-0.4, -0.2) is 28.9 Å². The fraction of sp³-hybridized carbons (Fsp3) is 0.400. The summed E-state index contributed by atoms with van der Waals surface area (Å²) in [5.74, 6) is 1.45. The zero-order chi connectivity index (χ0) is 16.7. The van der Waals surface area contributed by atoms with Gasteiger partial charge in [-0.25, -0.2) is 4.98 Å². The van der Waals surface area contributed by atoms with Crippen LogP contribution >= 0.6 is 11.3 Å². The highest BCUT2D eigenvalue weighted by Crippen LogP contribution is 2.34.